The van der Waals surface area contributed by atoms with Crippen LogP contribution in [0, 0.1) is 5.92 Å². The van der Waals surface area contributed by atoms with E-state index in [1.165, 1.54) is 29.5 Å². The Morgan fingerprint density at radius 1 is 0.868 bits per heavy atom. The molecule has 3 aromatic carbocycles. The zero-order valence-corrected chi connectivity index (χ0v) is 23.5. The molecule has 1 saturated carbocycles. The monoisotopic (exact) mass is 524 g/mol. The molecule has 0 bridgehead atoms. The van der Waals surface area contributed by atoms with E-state index in [1.807, 2.05) is 48.1 Å². The van der Waals surface area contributed by atoms with Crippen LogP contribution in [0.3, 0.4) is 0 Å². The number of aromatic nitrogens is 1. The molecule has 0 unspecified atom stereocenters. The van der Waals surface area contributed by atoms with Gasteiger partial charge in [0.15, 0.2) is 5.78 Å². The molecule has 5 rings (SSSR count). The molecule has 1 heterocycles. The Hall–Kier alpha value is -3.31. The normalized spacial score (nSPS) is 14.5. The van der Waals surface area contributed by atoms with E-state index in [-0.39, 0.29) is 23.0 Å². The highest BCUT2D eigenvalue weighted by atomic mass is 32.2. The average Bonchev–Trinajstić information content (AvgIpc) is 3.27. The minimum atomic E-state index is -0.168. The molecule has 0 saturated heterocycles. The maximum Gasteiger partial charge on any atom is 0.261 e. The van der Waals surface area contributed by atoms with Crippen molar-refractivity contribution in [3.63, 3.8) is 0 Å². The lowest BCUT2D eigenvalue weighted by Crippen LogP contribution is -2.18. The van der Waals surface area contributed by atoms with Gasteiger partial charge in [0.2, 0.25) is 0 Å². The van der Waals surface area contributed by atoms with Crippen molar-refractivity contribution in [2.45, 2.75) is 63.2 Å². The maximum absolute atomic E-state index is 13.3. The third kappa shape index (κ3) is 5.58. The van der Waals surface area contributed by atoms with E-state index in [1.54, 1.807) is 0 Å². The second-order valence-corrected chi connectivity index (χ2v) is 12.3. The van der Waals surface area contributed by atoms with Crippen LogP contribution in [0.1, 0.15) is 79.2 Å². The minimum Gasteiger partial charge on any atom is -0.350 e. The van der Waals surface area contributed by atoms with Gasteiger partial charge >= 0.3 is 0 Å². The van der Waals surface area contributed by atoms with Crippen LogP contribution in [0.5, 0.6) is 0 Å². The van der Waals surface area contributed by atoms with Gasteiger partial charge in [-0.3, -0.25) is 14.3 Å². The van der Waals surface area contributed by atoms with E-state index in [2.05, 4.69) is 61.9 Å². The predicted molar refractivity (Wildman–Crippen MR) is 158 cm³/mol. The van der Waals surface area contributed by atoms with Crippen LogP contribution >= 0.6 is 11.9 Å². The highest BCUT2D eigenvalue weighted by Gasteiger charge is 2.25. The largest absolute Gasteiger partial charge is 0.350 e. The van der Waals surface area contributed by atoms with E-state index in [0.717, 1.165) is 52.6 Å². The Bertz CT molecular complexity index is 1450. The molecule has 4 aromatic rings. The molecule has 38 heavy (non-hydrogen) atoms. The Morgan fingerprint density at radius 3 is 2.13 bits per heavy atom. The van der Waals surface area contributed by atoms with Crippen LogP contribution in [0.15, 0.2) is 77.8 Å². The number of carbonyl (C=O) groups is 2. The van der Waals surface area contributed by atoms with Crippen molar-refractivity contribution < 1.29 is 9.59 Å². The van der Waals surface area contributed by atoms with E-state index in [0.29, 0.717) is 5.56 Å². The van der Waals surface area contributed by atoms with E-state index in [9.17, 15) is 9.59 Å². The van der Waals surface area contributed by atoms with Gasteiger partial charge in [-0.15, -0.1) is 0 Å². The zero-order chi connectivity index (χ0) is 26.9. The summed E-state index contributed by atoms with van der Waals surface area (Å²) in [6, 6.07) is 22.6. The fourth-order valence-corrected chi connectivity index (χ4v) is 5.96. The Kier molecular flexibility index (Phi) is 7.49. The number of aryl methyl sites for hydroxylation is 1. The van der Waals surface area contributed by atoms with Crippen molar-refractivity contribution in [2.24, 2.45) is 13.0 Å². The first-order valence-corrected chi connectivity index (χ1v) is 14.3. The molecule has 1 aromatic heterocycles. The molecule has 1 aliphatic rings. The van der Waals surface area contributed by atoms with Gasteiger partial charge in [-0.1, -0.05) is 76.4 Å². The Labute approximate surface area is 230 Å². The van der Waals surface area contributed by atoms with Crippen LogP contribution in [0.25, 0.3) is 22.0 Å². The number of nitrogens with zero attached hydrogens (tertiary/aromatic N) is 1. The number of hydrogen-bond acceptors (Lipinski definition) is 3. The quantitative estimate of drug-likeness (QED) is 0.204. The summed E-state index contributed by atoms with van der Waals surface area (Å²) in [4.78, 5) is 27.3. The molecule has 1 N–H and O–H groups in total. The zero-order valence-electron chi connectivity index (χ0n) is 22.7. The highest BCUT2D eigenvalue weighted by Crippen LogP contribution is 2.31. The van der Waals surface area contributed by atoms with Crippen LogP contribution in [0.2, 0.25) is 0 Å². The molecule has 0 atom stereocenters. The molecule has 4 nitrogen and oxygen atoms in total. The number of rotatable bonds is 6. The summed E-state index contributed by atoms with van der Waals surface area (Å²) in [5, 5.41) is 0.863. The Balaban J connectivity index is 1.27. The number of amides is 1. The summed E-state index contributed by atoms with van der Waals surface area (Å²) in [5.41, 5.74) is 6.04. The van der Waals surface area contributed by atoms with E-state index >= 15 is 0 Å². The highest BCUT2D eigenvalue weighted by molar-refractivity contribution is 7.98. The van der Waals surface area contributed by atoms with Crippen molar-refractivity contribution in [2.75, 3.05) is 0 Å². The predicted octanol–water partition coefficient (Wildman–Crippen LogP) is 8.34. The van der Waals surface area contributed by atoms with Crippen molar-refractivity contribution >= 4 is 34.5 Å². The van der Waals surface area contributed by atoms with Gasteiger partial charge in [0.05, 0.1) is 0 Å². The van der Waals surface area contributed by atoms with Crippen molar-refractivity contribution in [1.29, 1.82) is 0 Å². The van der Waals surface area contributed by atoms with Crippen molar-refractivity contribution in [3.8, 4) is 11.1 Å². The van der Waals surface area contributed by atoms with Gasteiger partial charge < -0.3 is 4.57 Å². The molecule has 1 fully saturated rings. The number of ketones is 1. The lowest BCUT2D eigenvalue weighted by molar-refractivity contribution is 0.0890. The third-order valence-electron chi connectivity index (χ3n) is 7.69. The van der Waals surface area contributed by atoms with Crippen molar-refractivity contribution in [3.05, 3.63) is 89.6 Å². The molecule has 1 aliphatic carbocycles. The topological polar surface area (TPSA) is 51.1 Å². The summed E-state index contributed by atoms with van der Waals surface area (Å²) >= 11 is 1.31. The number of fused-ring (bicyclic) bond motifs is 1. The lowest BCUT2D eigenvalue weighted by atomic mass is 9.84. The average molecular weight is 525 g/mol. The summed E-state index contributed by atoms with van der Waals surface area (Å²) < 4.78 is 4.95. The number of nitrogens with one attached hydrogen (secondary N) is 1. The van der Waals surface area contributed by atoms with Crippen LogP contribution in [-0.4, -0.2) is 16.3 Å². The third-order valence-corrected chi connectivity index (χ3v) is 8.49. The SMILES string of the molecule is Cn1cc(C(=O)C2CCCCC2)c2cc(C(=O)NSc3ccc(-c4ccc(C(C)(C)C)cc4)cc3)ccc21. The number of hydrogen-bond donors (Lipinski definition) is 1. The van der Waals surface area contributed by atoms with Crippen molar-refractivity contribution in [1.82, 2.24) is 9.29 Å². The van der Waals surface area contributed by atoms with Crippen LogP contribution in [0.4, 0.5) is 0 Å². The maximum atomic E-state index is 13.3. The summed E-state index contributed by atoms with van der Waals surface area (Å²) in [6.07, 6.45) is 7.32. The number of Topliss-reactive ketones (excluding diaryl/α,β-unsaturated/α-hetero) is 1. The fraction of sp³-hybridized carbons (Fsp3) is 0.333. The first-order chi connectivity index (χ1) is 18.2. The van der Waals surface area contributed by atoms with Gasteiger partial charge in [0, 0.05) is 46.1 Å². The summed E-state index contributed by atoms with van der Waals surface area (Å²) in [7, 11) is 1.96. The minimum absolute atomic E-state index is 0.0989. The van der Waals surface area contributed by atoms with Gasteiger partial charge in [-0.25, -0.2) is 0 Å². The number of carbonyl (C=O) groups excluding carboxylic acids is 2. The van der Waals surface area contributed by atoms with E-state index < -0.39 is 0 Å². The van der Waals surface area contributed by atoms with Crippen LogP contribution in [-0.2, 0) is 12.5 Å². The molecule has 196 valence electrons. The first kappa shape index (κ1) is 26.3. The second kappa shape index (κ2) is 10.8. The van der Waals surface area contributed by atoms with Gasteiger partial charge in [0.1, 0.15) is 0 Å². The molecule has 5 heteroatoms. The Morgan fingerprint density at radius 2 is 1.50 bits per heavy atom. The fourth-order valence-electron chi connectivity index (χ4n) is 5.36. The second-order valence-electron chi connectivity index (χ2n) is 11.5. The van der Waals surface area contributed by atoms with Gasteiger partial charge in [-0.05, 0) is 77.2 Å². The molecule has 0 aliphatic heterocycles. The van der Waals surface area contributed by atoms with Gasteiger partial charge in [-0.2, -0.15) is 0 Å². The molecule has 0 radical (unpaired) electrons. The van der Waals surface area contributed by atoms with Gasteiger partial charge in [0.25, 0.3) is 5.91 Å². The smallest absolute Gasteiger partial charge is 0.261 e. The number of benzene rings is 3. The molecule has 0 spiro atoms. The molecular formula is C33H36N2O2S. The lowest BCUT2D eigenvalue weighted by Gasteiger charge is -2.19. The van der Waals surface area contributed by atoms with Crippen LogP contribution < -0.4 is 4.72 Å². The standard InChI is InChI=1S/C33H36N2O2S/c1-33(2,3)26-15-10-22(11-16-26)23-12-17-27(18-13-23)38-34-32(37)25-14-19-30-28(20-25)29(21-35(30)4)31(36)24-8-6-5-7-9-24/h10-21,24H,5-9H2,1-4H3,(H,34,37). The molecule has 1 amide bonds. The summed E-state index contributed by atoms with van der Waals surface area (Å²) in [5.74, 6) is 0.149. The first-order valence-electron chi connectivity index (χ1n) is 13.5. The molecular weight excluding hydrogens is 488 g/mol. The van der Waals surface area contributed by atoms with E-state index in [4.69, 9.17) is 0 Å². The summed E-state index contributed by atoms with van der Waals surface area (Å²) in [6.45, 7) is 6.66.